The molecule has 0 saturated carbocycles. The highest BCUT2D eigenvalue weighted by molar-refractivity contribution is 5.77. The van der Waals surface area contributed by atoms with Gasteiger partial charge in [0, 0.05) is 6.42 Å². The van der Waals surface area contributed by atoms with Crippen LogP contribution in [0.25, 0.3) is 0 Å². The second-order valence-corrected chi connectivity index (χ2v) is 14.0. The van der Waals surface area contributed by atoms with E-state index in [1.807, 2.05) is 18.2 Å². The first-order valence-electron chi connectivity index (χ1n) is 20.2. The molecule has 14 nitrogen and oxygen atoms in total. The highest BCUT2D eigenvalue weighted by Gasteiger charge is 2.50. The normalized spacial score (nSPS) is 30.2. The van der Waals surface area contributed by atoms with E-state index in [0.717, 1.165) is 64.2 Å². The summed E-state index contributed by atoms with van der Waals surface area (Å²) in [6.07, 6.45) is 17.3. The van der Waals surface area contributed by atoms with E-state index < -0.39 is 86.8 Å². The number of unbranched alkanes of at least 4 members (excludes halogenated alkanes) is 5. The maximum Gasteiger partial charge on any atom is 0.224 e. The molecule has 0 aromatic heterocycles. The van der Waals surface area contributed by atoms with Gasteiger partial charge in [-0.25, -0.2) is 0 Å². The summed E-state index contributed by atoms with van der Waals surface area (Å²) in [4.78, 5) is 12.9. The van der Waals surface area contributed by atoms with E-state index >= 15 is 0 Å². The molecule has 1 amide bonds. The monoisotopic (exact) mass is 795 g/mol. The van der Waals surface area contributed by atoms with E-state index in [4.69, 9.17) is 18.9 Å². The molecule has 2 aliphatic heterocycles. The van der Waals surface area contributed by atoms with Gasteiger partial charge in [-0.1, -0.05) is 112 Å². The lowest BCUT2D eigenvalue weighted by molar-refractivity contribution is -0.359. The number of rotatable bonds is 27. The van der Waals surface area contributed by atoms with Crippen LogP contribution in [0.1, 0.15) is 90.9 Å². The predicted molar refractivity (Wildman–Crippen MR) is 212 cm³/mol. The molecule has 2 rings (SSSR count). The number of hydrogen-bond donors (Lipinski definition) is 9. The molecule has 9 N–H and O–H groups in total. The van der Waals surface area contributed by atoms with Gasteiger partial charge in [0.2, 0.25) is 5.91 Å². The van der Waals surface area contributed by atoms with Crippen LogP contribution in [0, 0.1) is 0 Å². The number of ether oxygens (including phenoxy) is 4. The molecule has 12 unspecified atom stereocenters. The summed E-state index contributed by atoms with van der Waals surface area (Å²) in [7, 11) is 0. The Morgan fingerprint density at radius 3 is 1.80 bits per heavy atom. The van der Waals surface area contributed by atoms with Crippen LogP contribution >= 0.6 is 0 Å². The number of nitrogens with one attached hydrogen (secondary N) is 1. The van der Waals surface area contributed by atoms with Gasteiger partial charge in [-0.3, -0.25) is 4.79 Å². The van der Waals surface area contributed by atoms with Gasteiger partial charge in [0.15, 0.2) is 12.6 Å². The van der Waals surface area contributed by atoms with Crippen LogP contribution in [-0.2, 0) is 23.7 Å². The Morgan fingerprint density at radius 2 is 1.21 bits per heavy atom. The molecule has 12 atom stereocenters. The fourth-order valence-corrected chi connectivity index (χ4v) is 6.06. The molecule has 0 aromatic carbocycles. The molecular weight excluding hydrogens is 726 g/mol. The molecule has 0 radical (unpaired) electrons. The smallest absolute Gasteiger partial charge is 0.224 e. The molecule has 0 bridgehead atoms. The fraction of sp³-hybridized carbons (Fsp3) is 0.690. The van der Waals surface area contributed by atoms with Crippen molar-refractivity contribution in [2.45, 2.75) is 164 Å². The number of carbonyl (C=O) groups is 1. The maximum absolute atomic E-state index is 12.9. The lowest BCUT2D eigenvalue weighted by atomic mass is 9.97. The Balaban J connectivity index is 1.96. The Hall–Kier alpha value is -2.57. The van der Waals surface area contributed by atoms with Crippen LogP contribution in [0.2, 0.25) is 0 Å². The van der Waals surface area contributed by atoms with Crippen molar-refractivity contribution < 1.29 is 64.6 Å². The Morgan fingerprint density at radius 1 is 0.661 bits per heavy atom. The van der Waals surface area contributed by atoms with Crippen molar-refractivity contribution in [3.05, 3.63) is 72.9 Å². The number of allylic oxidation sites excluding steroid dienone is 10. The molecule has 56 heavy (non-hydrogen) atoms. The second-order valence-electron chi connectivity index (χ2n) is 14.0. The van der Waals surface area contributed by atoms with Crippen molar-refractivity contribution in [3.8, 4) is 0 Å². The molecule has 320 valence electrons. The van der Waals surface area contributed by atoms with Gasteiger partial charge in [-0.2, -0.15) is 0 Å². The van der Waals surface area contributed by atoms with Crippen molar-refractivity contribution in [2.24, 2.45) is 0 Å². The van der Waals surface area contributed by atoms with Crippen molar-refractivity contribution in [1.29, 1.82) is 0 Å². The SMILES string of the molecule is CC/C=C\C/C=C\C/C=C\C/C=C\C/C=C\CC(=O)NC(COC1OC(CO)C(OC2OC(CO)C(O)C(O)C2O)C(O)C1O)C(O)/C=C/CCCCCCC. The third kappa shape index (κ3) is 18.3. The Labute approximate surface area is 332 Å². The lowest BCUT2D eigenvalue weighted by Crippen LogP contribution is -2.65. The quantitative estimate of drug-likeness (QED) is 0.0431. The molecule has 0 spiro atoms. The van der Waals surface area contributed by atoms with Crippen LogP contribution in [-0.4, -0.2) is 140 Å². The van der Waals surface area contributed by atoms with Gasteiger partial charge in [0.1, 0.15) is 48.8 Å². The summed E-state index contributed by atoms with van der Waals surface area (Å²) >= 11 is 0. The van der Waals surface area contributed by atoms with Crippen LogP contribution in [0.4, 0.5) is 0 Å². The van der Waals surface area contributed by atoms with Gasteiger partial charge in [0.25, 0.3) is 0 Å². The topological polar surface area (TPSA) is 228 Å². The number of amides is 1. The van der Waals surface area contributed by atoms with Gasteiger partial charge < -0.3 is 65.1 Å². The molecular formula is C42H69NO13. The summed E-state index contributed by atoms with van der Waals surface area (Å²) in [5, 5.41) is 85.8. The van der Waals surface area contributed by atoms with E-state index in [1.54, 1.807) is 12.2 Å². The molecule has 2 fully saturated rings. The van der Waals surface area contributed by atoms with Gasteiger partial charge in [0.05, 0.1) is 32.0 Å². The van der Waals surface area contributed by atoms with E-state index in [2.05, 4.69) is 61.7 Å². The van der Waals surface area contributed by atoms with Gasteiger partial charge in [-0.05, 0) is 44.9 Å². The highest BCUT2D eigenvalue weighted by Crippen LogP contribution is 2.29. The van der Waals surface area contributed by atoms with Crippen molar-refractivity contribution in [2.75, 3.05) is 19.8 Å². The minimum atomic E-state index is -1.80. The zero-order valence-electron chi connectivity index (χ0n) is 33.1. The minimum Gasteiger partial charge on any atom is -0.394 e. The summed E-state index contributed by atoms with van der Waals surface area (Å²) in [5.74, 6) is -0.376. The van der Waals surface area contributed by atoms with Gasteiger partial charge in [-0.15, -0.1) is 0 Å². The van der Waals surface area contributed by atoms with E-state index in [9.17, 15) is 45.6 Å². The number of aliphatic hydroxyl groups excluding tert-OH is 8. The zero-order valence-corrected chi connectivity index (χ0v) is 33.1. The molecule has 0 aliphatic carbocycles. The number of carbonyl (C=O) groups excluding carboxylic acids is 1. The van der Waals surface area contributed by atoms with E-state index in [0.29, 0.717) is 6.42 Å². The van der Waals surface area contributed by atoms with Crippen LogP contribution in [0.5, 0.6) is 0 Å². The predicted octanol–water partition coefficient (Wildman–Crippen LogP) is 2.53. The second kappa shape index (κ2) is 29.6. The highest BCUT2D eigenvalue weighted by atomic mass is 16.7. The molecule has 14 heteroatoms. The first-order chi connectivity index (χ1) is 27.1. The molecule has 2 heterocycles. The average molecular weight is 796 g/mol. The summed E-state index contributed by atoms with van der Waals surface area (Å²) in [6, 6.07) is -0.967. The fourth-order valence-electron chi connectivity index (χ4n) is 6.06. The van der Waals surface area contributed by atoms with Crippen molar-refractivity contribution >= 4 is 5.91 Å². The van der Waals surface area contributed by atoms with Crippen LogP contribution < -0.4 is 5.32 Å². The first kappa shape index (κ1) is 49.6. The molecule has 2 aliphatic rings. The summed E-state index contributed by atoms with van der Waals surface area (Å²) in [5.41, 5.74) is 0. The zero-order chi connectivity index (χ0) is 41.1. The average Bonchev–Trinajstić information content (AvgIpc) is 3.19. The molecule has 0 aromatic rings. The summed E-state index contributed by atoms with van der Waals surface area (Å²) in [6.45, 7) is 2.47. The largest absolute Gasteiger partial charge is 0.394 e. The minimum absolute atomic E-state index is 0.0444. The summed E-state index contributed by atoms with van der Waals surface area (Å²) < 4.78 is 22.4. The van der Waals surface area contributed by atoms with Crippen molar-refractivity contribution in [3.63, 3.8) is 0 Å². The third-order valence-corrected chi connectivity index (χ3v) is 9.43. The third-order valence-electron chi connectivity index (χ3n) is 9.43. The van der Waals surface area contributed by atoms with Crippen molar-refractivity contribution in [1.82, 2.24) is 5.32 Å². The van der Waals surface area contributed by atoms with Crippen LogP contribution in [0.15, 0.2) is 72.9 Å². The molecule has 2 saturated heterocycles. The lowest BCUT2D eigenvalue weighted by Gasteiger charge is -2.46. The number of aliphatic hydroxyl groups is 8. The standard InChI is InChI=1S/C42H69NO13/c1-3-5-7-9-11-12-13-14-15-16-17-18-20-22-24-26-34(47)43-30(31(46)25-23-21-19-10-8-6-4-2)29-53-41-39(52)37(50)40(33(28-45)55-41)56-42-38(51)36(49)35(48)32(27-44)54-42/h5,7,11-12,14-15,17-18,22-25,30-33,35-42,44-46,48-52H,3-4,6,8-10,13,16,19-21,26-29H2,1-2H3,(H,43,47)/b7-5-,12-11-,15-14-,18-17-,24-22-,25-23+. The van der Waals surface area contributed by atoms with Crippen LogP contribution in [0.3, 0.4) is 0 Å². The van der Waals surface area contributed by atoms with E-state index in [-0.39, 0.29) is 18.9 Å². The van der Waals surface area contributed by atoms with E-state index in [1.165, 1.54) is 0 Å². The Bertz CT molecular complexity index is 1220. The Kier molecular flexibility index (Phi) is 26.2. The number of hydrogen-bond acceptors (Lipinski definition) is 13. The van der Waals surface area contributed by atoms with Gasteiger partial charge >= 0.3 is 0 Å². The first-order valence-corrected chi connectivity index (χ1v) is 20.2. The maximum atomic E-state index is 12.9.